The van der Waals surface area contributed by atoms with Gasteiger partial charge in [0.25, 0.3) is 0 Å². The minimum absolute atomic E-state index is 0.439. The summed E-state index contributed by atoms with van der Waals surface area (Å²) in [5.41, 5.74) is 1.99. The van der Waals surface area contributed by atoms with Gasteiger partial charge in [-0.1, -0.05) is 23.7 Å². The van der Waals surface area contributed by atoms with Crippen LogP contribution >= 0.6 is 11.6 Å². The van der Waals surface area contributed by atoms with E-state index in [0.29, 0.717) is 21.8 Å². The SMILES string of the molecule is CN1CCN(c2ccc(-c3ccc(C(F)(F)F)cc3)c(-c3ccncc3Cl)n2)CC1. The summed E-state index contributed by atoms with van der Waals surface area (Å²) in [6.45, 7) is 3.58. The zero-order valence-electron chi connectivity index (χ0n) is 16.3. The van der Waals surface area contributed by atoms with Crippen LogP contribution < -0.4 is 4.90 Å². The highest BCUT2D eigenvalue weighted by atomic mass is 35.5. The highest BCUT2D eigenvalue weighted by Gasteiger charge is 2.30. The smallest absolute Gasteiger partial charge is 0.354 e. The Balaban J connectivity index is 1.79. The first-order chi connectivity index (χ1) is 14.3. The number of pyridine rings is 2. The van der Waals surface area contributed by atoms with Gasteiger partial charge < -0.3 is 9.80 Å². The largest absolute Gasteiger partial charge is 0.416 e. The molecule has 1 saturated heterocycles. The Labute approximate surface area is 177 Å². The predicted molar refractivity (Wildman–Crippen MR) is 113 cm³/mol. The topological polar surface area (TPSA) is 32.3 Å². The van der Waals surface area contributed by atoms with E-state index in [-0.39, 0.29) is 0 Å². The summed E-state index contributed by atoms with van der Waals surface area (Å²) in [5.74, 6) is 0.821. The molecule has 4 rings (SSSR count). The average molecular weight is 433 g/mol. The minimum atomic E-state index is -4.38. The van der Waals surface area contributed by atoms with Crippen molar-refractivity contribution in [2.45, 2.75) is 6.18 Å². The fourth-order valence-electron chi connectivity index (χ4n) is 3.50. The molecule has 3 heterocycles. The minimum Gasteiger partial charge on any atom is -0.354 e. The Hall–Kier alpha value is -2.64. The lowest BCUT2D eigenvalue weighted by molar-refractivity contribution is -0.137. The monoisotopic (exact) mass is 432 g/mol. The van der Waals surface area contributed by atoms with Gasteiger partial charge in [0.05, 0.1) is 16.3 Å². The molecule has 3 aromatic rings. The van der Waals surface area contributed by atoms with Gasteiger partial charge in [0, 0.05) is 49.7 Å². The molecule has 156 valence electrons. The molecule has 0 amide bonds. The average Bonchev–Trinajstić information content (AvgIpc) is 2.74. The maximum Gasteiger partial charge on any atom is 0.416 e. The predicted octanol–water partition coefficient (Wildman–Crippen LogP) is 5.23. The molecule has 8 heteroatoms. The van der Waals surface area contributed by atoms with Gasteiger partial charge in [0.15, 0.2) is 0 Å². The number of hydrogen-bond acceptors (Lipinski definition) is 4. The van der Waals surface area contributed by atoms with Crippen molar-refractivity contribution in [2.75, 3.05) is 38.1 Å². The first-order valence-corrected chi connectivity index (χ1v) is 9.93. The zero-order chi connectivity index (χ0) is 21.3. The molecule has 0 radical (unpaired) electrons. The second kappa shape index (κ2) is 8.24. The first-order valence-electron chi connectivity index (χ1n) is 9.55. The second-order valence-electron chi connectivity index (χ2n) is 7.29. The number of alkyl halides is 3. The summed E-state index contributed by atoms with van der Waals surface area (Å²) in [4.78, 5) is 13.4. The molecule has 2 aromatic heterocycles. The van der Waals surface area contributed by atoms with Crippen molar-refractivity contribution in [1.82, 2.24) is 14.9 Å². The number of hydrogen-bond donors (Lipinski definition) is 0. The lowest BCUT2D eigenvalue weighted by Crippen LogP contribution is -2.44. The third-order valence-electron chi connectivity index (χ3n) is 5.26. The molecule has 30 heavy (non-hydrogen) atoms. The molecule has 0 bridgehead atoms. The highest BCUT2D eigenvalue weighted by Crippen LogP contribution is 2.37. The van der Waals surface area contributed by atoms with Gasteiger partial charge in [-0.25, -0.2) is 4.98 Å². The van der Waals surface area contributed by atoms with E-state index in [1.807, 2.05) is 12.1 Å². The molecule has 0 N–H and O–H groups in total. The molecule has 1 aliphatic heterocycles. The maximum atomic E-state index is 13.0. The van der Waals surface area contributed by atoms with Crippen molar-refractivity contribution in [3.63, 3.8) is 0 Å². The molecular formula is C22H20ClF3N4. The Bertz CT molecular complexity index is 1030. The number of likely N-dealkylation sites (N-methyl/N-ethyl adjacent to an activating group) is 1. The van der Waals surface area contributed by atoms with Crippen LogP contribution in [-0.4, -0.2) is 48.1 Å². The van der Waals surface area contributed by atoms with Crippen LogP contribution in [0.5, 0.6) is 0 Å². The van der Waals surface area contributed by atoms with Crippen molar-refractivity contribution in [1.29, 1.82) is 0 Å². The van der Waals surface area contributed by atoms with Gasteiger partial charge in [-0.15, -0.1) is 0 Å². The van der Waals surface area contributed by atoms with Crippen LogP contribution in [-0.2, 0) is 6.18 Å². The molecule has 0 atom stereocenters. The lowest BCUT2D eigenvalue weighted by atomic mass is 9.98. The third-order valence-corrected chi connectivity index (χ3v) is 5.56. The zero-order valence-corrected chi connectivity index (χ0v) is 17.1. The number of benzene rings is 1. The van der Waals surface area contributed by atoms with Gasteiger partial charge in [-0.05, 0) is 42.9 Å². The van der Waals surface area contributed by atoms with Crippen LogP contribution in [0.1, 0.15) is 5.56 Å². The second-order valence-corrected chi connectivity index (χ2v) is 7.69. The summed E-state index contributed by atoms with van der Waals surface area (Å²) in [5, 5.41) is 0.439. The van der Waals surface area contributed by atoms with Crippen molar-refractivity contribution >= 4 is 17.4 Å². The quantitative estimate of drug-likeness (QED) is 0.567. The van der Waals surface area contributed by atoms with E-state index in [2.05, 4.69) is 21.8 Å². The summed E-state index contributed by atoms with van der Waals surface area (Å²) < 4.78 is 38.9. The van der Waals surface area contributed by atoms with E-state index in [1.165, 1.54) is 18.3 Å². The van der Waals surface area contributed by atoms with Crippen LogP contribution in [0.3, 0.4) is 0 Å². The van der Waals surface area contributed by atoms with Crippen molar-refractivity contribution in [3.05, 3.63) is 65.4 Å². The van der Waals surface area contributed by atoms with E-state index >= 15 is 0 Å². The van der Waals surface area contributed by atoms with Crippen LogP contribution in [0.25, 0.3) is 22.4 Å². The molecule has 1 aromatic carbocycles. The molecule has 0 saturated carbocycles. The van der Waals surface area contributed by atoms with Crippen molar-refractivity contribution in [3.8, 4) is 22.4 Å². The van der Waals surface area contributed by atoms with E-state index < -0.39 is 11.7 Å². The van der Waals surface area contributed by atoms with Gasteiger partial charge >= 0.3 is 6.18 Å². The van der Waals surface area contributed by atoms with Crippen molar-refractivity contribution < 1.29 is 13.2 Å². The van der Waals surface area contributed by atoms with Crippen molar-refractivity contribution in [2.24, 2.45) is 0 Å². The molecule has 1 aliphatic rings. The summed E-state index contributed by atoms with van der Waals surface area (Å²) in [6, 6.07) is 10.7. The Morgan fingerprint density at radius 1 is 0.900 bits per heavy atom. The van der Waals surface area contributed by atoms with Gasteiger partial charge in [0.2, 0.25) is 0 Å². The summed E-state index contributed by atoms with van der Waals surface area (Å²) >= 11 is 6.39. The number of piperazine rings is 1. The third kappa shape index (κ3) is 4.27. The van der Waals surface area contributed by atoms with E-state index in [0.717, 1.165) is 49.7 Å². The summed E-state index contributed by atoms with van der Waals surface area (Å²) in [6.07, 6.45) is -1.21. The molecular weight excluding hydrogens is 413 g/mol. The fourth-order valence-corrected chi connectivity index (χ4v) is 3.71. The number of halogens is 4. The van der Waals surface area contributed by atoms with Crippen LogP contribution in [0.4, 0.5) is 19.0 Å². The van der Waals surface area contributed by atoms with E-state index in [9.17, 15) is 13.2 Å². The Kier molecular flexibility index (Phi) is 5.66. The summed E-state index contributed by atoms with van der Waals surface area (Å²) in [7, 11) is 2.08. The van der Waals surface area contributed by atoms with E-state index in [4.69, 9.17) is 16.6 Å². The molecule has 4 nitrogen and oxygen atoms in total. The number of anilines is 1. The van der Waals surface area contributed by atoms with Crippen LogP contribution in [0.2, 0.25) is 5.02 Å². The molecule has 0 aliphatic carbocycles. The Morgan fingerprint density at radius 3 is 2.23 bits per heavy atom. The number of nitrogens with zero attached hydrogens (tertiary/aromatic N) is 4. The van der Waals surface area contributed by atoms with Crippen LogP contribution in [0.15, 0.2) is 54.9 Å². The fraction of sp³-hybridized carbons (Fsp3) is 0.273. The molecule has 0 unspecified atom stereocenters. The molecule has 1 fully saturated rings. The van der Waals surface area contributed by atoms with Crippen LogP contribution in [0, 0.1) is 0 Å². The molecule has 0 spiro atoms. The number of rotatable bonds is 3. The first kappa shape index (κ1) is 20.6. The highest BCUT2D eigenvalue weighted by molar-refractivity contribution is 6.33. The maximum absolute atomic E-state index is 13.0. The standard InChI is InChI=1S/C22H20ClF3N4/c1-29-10-12-30(13-11-29)20-7-6-17(15-2-4-16(5-3-15)22(24,25)26)21(28-20)18-8-9-27-14-19(18)23/h2-9,14H,10-13H2,1H3. The Morgan fingerprint density at radius 2 is 1.60 bits per heavy atom. The van der Waals surface area contributed by atoms with Gasteiger partial charge in [-0.2, -0.15) is 13.2 Å². The van der Waals surface area contributed by atoms with Gasteiger partial charge in [-0.3, -0.25) is 4.98 Å². The van der Waals surface area contributed by atoms with E-state index in [1.54, 1.807) is 12.3 Å². The number of aromatic nitrogens is 2. The normalized spacial score (nSPS) is 15.4. The lowest BCUT2D eigenvalue weighted by Gasteiger charge is -2.33. The van der Waals surface area contributed by atoms with Gasteiger partial charge in [0.1, 0.15) is 5.82 Å².